The zero-order chi connectivity index (χ0) is 17.4. The van der Waals surface area contributed by atoms with Gasteiger partial charge in [0.25, 0.3) is 0 Å². The first kappa shape index (κ1) is 16.7. The molecule has 0 unspecified atom stereocenters. The maximum atomic E-state index is 12.7. The molecule has 0 radical (unpaired) electrons. The fourth-order valence-electron chi connectivity index (χ4n) is 4.64. The summed E-state index contributed by atoms with van der Waals surface area (Å²) in [6.07, 6.45) is 6.37. The van der Waals surface area contributed by atoms with Crippen molar-refractivity contribution in [2.45, 2.75) is 57.2 Å². The minimum Gasteiger partial charge on any atom is -0.508 e. The van der Waals surface area contributed by atoms with Crippen LogP contribution in [0.1, 0.15) is 50.6 Å². The Hall–Kier alpha value is -1.75. The number of likely N-dealkylation sites (tertiary alicyclic amines) is 2. The molecular weight excluding hydrogens is 314 g/mol. The Morgan fingerprint density at radius 2 is 2.08 bits per heavy atom. The Labute approximate surface area is 150 Å². The SMILES string of the molecule is C[C@H](NC(=O)N1CC[C@H]2[C@@H](CCCN2C2CC2)C1)c1cccc(O)c1. The Kier molecular flexibility index (Phi) is 4.59. The summed E-state index contributed by atoms with van der Waals surface area (Å²) >= 11 is 0. The van der Waals surface area contributed by atoms with Gasteiger partial charge < -0.3 is 15.3 Å². The highest BCUT2D eigenvalue weighted by atomic mass is 16.3. The summed E-state index contributed by atoms with van der Waals surface area (Å²) < 4.78 is 0. The third-order valence-corrected chi connectivity index (χ3v) is 6.12. The summed E-state index contributed by atoms with van der Waals surface area (Å²) in [6.45, 7) is 4.96. The molecule has 1 aliphatic carbocycles. The molecule has 3 fully saturated rings. The van der Waals surface area contributed by atoms with E-state index < -0.39 is 0 Å². The van der Waals surface area contributed by atoms with Gasteiger partial charge in [-0.2, -0.15) is 0 Å². The van der Waals surface area contributed by atoms with E-state index in [0.29, 0.717) is 12.0 Å². The summed E-state index contributed by atoms with van der Waals surface area (Å²) in [5.74, 6) is 0.867. The van der Waals surface area contributed by atoms with Crippen LogP contribution in [0.2, 0.25) is 0 Å². The van der Waals surface area contributed by atoms with Crippen LogP contribution in [0, 0.1) is 5.92 Å². The van der Waals surface area contributed by atoms with Gasteiger partial charge in [0.15, 0.2) is 0 Å². The van der Waals surface area contributed by atoms with E-state index in [4.69, 9.17) is 0 Å². The van der Waals surface area contributed by atoms with E-state index in [1.54, 1.807) is 12.1 Å². The number of phenolic OH excluding ortho intramolecular Hbond substituents is 1. The van der Waals surface area contributed by atoms with E-state index >= 15 is 0 Å². The standard InChI is InChI=1S/C20H29N3O2/c1-14(15-4-2-6-18(24)12-15)21-20(25)22-11-9-19-16(13-22)5-3-10-23(19)17-7-8-17/h2,4,6,12,14,16-17,19,24H,3,5,7-11,13H2,1H3,(H,21,25)/t14-,16-,19-/m0/s1. The van der Waals surface area contributed by atoms with Gasteiger partial charge in [-0.3, -0.25) is 4.90 Å². The topological polar surface area (TPSA) is 55.8 Å². The number of aromatic hydroxyl groups is 1. The van der Waals surface area contributed by atoms with E-state index in [0.717, 1.165) is 31.1 Å². The third-order valence-electron chi connectivity index (χ3n) is 6.12. The second-order valence-corrected chi connectivity index (χ2v) is 7.94. The lowest BCUT2D eigenvalue weighted by Gasteiger charge is -2.47. The van der Waals surface area contributed by atoms with Gasteiger partial charge in [-0.25, -0.2) is 4.79 Å². The largest absolute Gasteiger partial charge is 0.508 e. The molecule has 2 aliphatic heterocycles. The summed E-state index contributed by atoms with van der Waals surface area (Å²) in [7, 11) is 0. The average Bonchev–Trinajstić information content (AvgIpc) is 3.45. The number of rotatable bonds is 3. The molecule has 2 amide bonds. The Morgan fingerprint density at radius 3 is 2.84 bits per heavy atom. The lowest BCUT2D eigenvalue weighted by Crippen LogP contribution is -2.57. The Bertz CT molecular complexity index is 631. The van der Waals surface area contributed by atoms with Crippen molar-refractivity contribution in [1.82, 2.24) is 15.1 Å². The molecule has 5 nitrogen and oxygen atoms in total. The smallest absolute Gasteiger partial charge is 0.317 e. The molecule has 3 atom stereocenters. The van der Waals surface area contributed by atoms with Gasteiger partial charge in [-0.15, -0.1) is 0 Å². The van der Waals surface area contributed by atoms with Crippen molar-refractivity contribution < 1.29 is 9.90 Å². The van der Waals surface area contributed by atoms with Crippen molar-refractivity contribution in [2.24, 2.45) is 5.92 Å². The molecule has 136 valence electrons. The van der Waals surface area contributed by atoms with E-state index in [-0.39, 0.29) is 17.8 Å². The fourth-order valence-corrected chi connectivity index (χ4v) is 4.64. The number of amides is 2. The molecule has 25 heavy (non-hydrogen) atoms. The predicted octanol–water partition coefficient (Wildman–Crippen LogP) is 3.11. The van der Waals surface area contributed by atoms with Crippen LogP contribution >= 0.6 is 0 Å². The van der Waals surface area contributed by atoms with Crippen LogP contribution in [0.25, 0.3) is 0 Å². The van der Waals surface area contributed by atoms with Crippen LogP contribution < -0.4 is 5.32 Å². The number of phenols is 1. The molecule has 2 saturated heterocycles. The summed E-state index contributed by atoms with van der Waals surface area (Å²) in [4.78, 5) is 17.4. The van der Waals surface area contributed by atoms with Crippen molar-refractivity contribution in [3.8, 4) is 5.75 Å². The fraction of sp³-hybridized carbons (Fsp3) is 0.650. The van der Waals surface area contributed by atoms with Crippen LogP contribution in [0.15, 0.2) is 24.3 Å². The molecule has 3 aliphatic rings. The maximum absolute atomic E-state index is 12.7. The van der Waals surface area contributed by atoms with Gasteiger partial charge in [0.05, 0.1) is 6.04 Å². The number of urea groups is 1. The molecular formula is C20H29N3O2. The predicted molar refractivity (Wildman–Crippen MR) is 97.5 cm³/mol. The number of carbonyl (C=O) groups excluding carboxylic acids is 1. The zero-order valence-electron chi connectivity index (χ0n) is 15.0. The van der Waals surface area contributed by atoms with Gasteiger partial charge >= 0.3 is 6.03 Å². The van der Waals surface area contributed by atoms with Crippen LogP contribution in [0.5, 0.6) is 5.75 Å². The Balaban J connectivity index is 1.35. The quantitative estimate of drug-likeness (QED) is 0.887. The van der Waals surface area contributed by atoms with Gasteiger partial charge in [0.2, 0.25) is 0 Å². The molecule has 2 N–H and O–H groups in total. The molecule has 4 rings (SSSR count). The molecule has 2 heterocycles. The first-order valence-corrected chi connectivity index (χ1v) is 9.72. The summed E-state index contributed by atoms with van der Waals surface area (Å²) in [5.41, 5.74) is 0.931. The van der Waals surface area contributed by atoms with Crippen molar-refractivity contribution in [3.05, 3.63) is 29.8 Å². The highest BCUT2D eigenvalue weighted by molar-refractivity contribution is 5.74. The van der Waals surface area contributed by atoms with E-state index in [1.165, 1.54) is 32.2 Å². The molecule has 0 bridgehead atoms. The minimum atomic E-state index is -0.105. The molecule has 0 spiro atoms. The van der Waals surface area contributed by atoms with Crippen LogP contribution in [0.4, 0.5) is 4.79 Å². The molecule has 1 aromatic rings. The van der Waals surface area contributed by atoms with Crippen LogP contribution in [-0.4, -0.2) is 52.7 Å². The van der Waals surface area contributed by atoms with Crippen molar-refractivity contribution >= 4 is 6.03 Å². The number of nitrogens with zero attached hydrogens (tertiary/aromatic N) is 2. The van der Waals surface area contributed by atoms with Crippen LogP contribution in [0.3, 0.4) is 0 Å². The van der Waals surface area contributed by atoms with Crippen LogP contribution in [-0.2, 0) is 0 Å². The maximum Gasteiger partial charge on any atom is 0.317 e. The highest BCUT2D eigenvalue weighted by Gasteiger charge is 2.42. The second-order valence-electron chi connectivity index (χ2n) is 7.94. The van der Waals surface area contributed by atoms with Crippen molar-refractivity contribution in [2.75, 3.05) is 19.6 Å². The number of benzene rings is 1. The normalized spacial score (nSPS) is 28.3. The van der Waals surface area contributed by atoms with E-state index in [1.807, 2.05) is 24.0 Å². The summed E-state index contributed by atoms with van der Waals surface area (Å²) in [6, 6.07) is 8.56. The minimum absolute atomic E-state index is 0.0258. The summed E-state index contributed by atoms with van der Waals surface area (Å²) in [5, 5.41) is 12.7. The number of hydrogen-bond acceptors (Lipinski definition) is 3. The van der Waals surface area contributed by atoms with Gasteiger partial charge in [0.1, 0.15) is 5.75 Å². The lowest BCUT2D eigenvalue weighted by atomic mass is 9.83. The molecule has 1 saturated carbocycles. The number of nitrogens with one attached hydrogen (secondary N) is 1. The molecule has 1 aromatic carbocycles. The third kappa shape index (κ3) is 3.61. The highest BCUT2D eigenvalue weighted by Crippen LogP contribution is 2.38. The second kappa shape index (κ2) is 6.87. The number of carbonyl (C=O) groups is 1. The van der Waals surface area contributed by atoms with Gasteiger partial charge in [0, 0.05) is 25.2 Å². The zero-order valence-corrected chi connectivity index (χ0v) is 15.0. The monoisotopic (exact) mass is 343 g/mol. The van der Waals surface area contributed by atoms with Crippen molar-refractivity contribution in [3.63, 3.8) is 0 Å². The first-order valence-electron chi connectivity index (χ1n) is 9.72. The lowest BCUT2D eigenvalue weighted by molar-refractivity contribution is 0.0292. The van der Waals surface area contributed by atoms with E-state index in [9.17, 15) is 9.90 Å². The number of fused-ring (bicyclic) bond motifs is 1. The molecule has 0 aromatic heterocycles. The Morgan fingerprint density at radius 1 is 1.24 bits per heavy atom. The van der Waals surface area contributed by atoms with E-state index in [2.05, 4.69) is 10.2 Å². The molecule has 5 heteroatoms. The first-order chi connectivity index (χ1) is 12.1. The number of hydrogen-bond donors (Lipinski definition) is 2. The average molecular weight is 343 g/mol. The number of piperidine rings is 2. The van der Waals surface area contributed by atoms with Gasteiger partial charge in [-0.1, -0.05) is 12.1 Å². The van der Waals surface area contributed by atoms with Gasteiger partial charge in [-0.05, 0) is 69.2 Å². The van der Waals surface area contributed by atoms with Crippen molar-refractivity contribution in [1.29, 1.82) is 0 Å².